The summed E-state index contributed by atoms with van der Waals surface area (Å²) in [5.74, 6) is -1.41. The molecule has 0 fully saturated rings. The molecular weight excluding hydrogens is 378 g/mol. The van der Waals surface area contributed by atoms with Crippen LogP contribution < -0.4 is 0 Å². The van der Waals surface area contributed by atoms with E-state index in [2.05, 4.69) is 20.6 Å². The molecule has 2 N–H and O–H groups in total. The summed E-state index contributed by atoms with van der Waals surface area (Å²) >= 11 is 0. The maximum absolute atomic E-state index is 11.6. The van der Waals surface area contributed by atoms with Crippen LogP contribution in [0.25, 0.3) is 28.2 Å². The summed E-state index contributed by atoms with van der Waals surface area (Å²) in [4.78, 5) is 20.4. The fraction of sp³-hybridized carbons (Fsp3) is 0.125. The van der Waals surface area contributed by atoms with Crippen molar-refractivity contribution in [2.24, 2.45) is 0 Å². The number of phenols is 1. The smallest absolute Gasteiger partial charge is 0.339 e. The lowest BCUT2D eigenvalue weighted by Gasteiger charge is -2.15. The lowest BCUT2D eigenvalue weighted by atomic mass is 10.1. The van der Waals surface area contributed by atoms with E-state index < -0.39 is 5.97 Å². The first kappa shape index (κ1) is 18.1. The summed E-state index contributed by atoms with van der Waals surface area (Å²) in [5, 5.41) is 19.5. The van der Waals surface area contributed by atoms with E-state index in [9.17, 15) is 15.0 Å². The standard InChI is InChI=1S/C24H19N3O3/c28-22-10-9-17(11-19(22)24(29)30)27-20-8-4-7-16-13-25-14-26-23(16)18(20)12-21(27)15-5-2-1-3-6-15/h1-3,5-6,9-14,28H,4,7-8H2,(H,29,30). The number of carboxylic acid groups (broad SMARTS) is 1. The molecule has 0 bridgehead atoms. The molecule has 0 saturated heterocycles. The molecule has 30 heavy (non-hydrogen) atoms. The molecule has 1 aliphatic rings. The average Bonchev–Trinajstić information content (AvgIpc) is 3.04. The van der Waals surface area contributed by atoms with Crippen LogP contribution in [0.5, 0.6) is 5.75 Å². The van der Waals surface area contributed by atoms with Crippen molar-refractivity contribution in [1.82, 2.24) is 14.5 Å². The van der Waals surface area contributed by atoms with E-state index in [0.717, 1.165) is 53.0 Å². The summed E-state index contributed by atoms with van der Waals surface area (Å²) in [6.45, 7) is 0. The number of carbonyl (C=O) groups is 1. The minimum absolute atomic E-state index is 0.120. The first-order valence-corrected chi connectivity index (χ1v) is 9.79. The summed E-state index contributed by atoms with van der Waals surface area (Å²) in [5.41, 5.74) is 6.70. The van der Waals surface area contributed by atoms with Crippen molar-refractivity contribution in [2.75, 3.05) is 0 Å². The molecule has 0 atom stereocenters. The fourth-order valence-electron chi connectivity index (χ4n) is 4.18. The van der Waals surface area contributed by atoms with Gasteiger partial charge in [0.15, 0.2) is 0 Å². The molecule has 0 radical (unpaired) electrons. The molecule has 2 aromatic heterocycles. The van der Waals surface area contributed by atoms with Gasteiger partial charge in [-0.1, -0.05) is 30.3 Å². The third kappa shape index (κ3) is 2.93. The predicted octanol–water partition coefficient (Wildman–Crippen LogP) is 4.49. The van der Waals surface area contributed by atoms with Crippen LogP contribution in [0.15, 0.2) is 67.1 Å². The van der Waals surface area contributed by atoms with Crippen molar-refractivity contribution in [1.29, 1.82) is 0 Å². The molecule has 2 heterocycles. The van der Waals surface area contributed by atoms with Gasteiger partial charge in [0.05, 0.1) is 11.4 Å². The molecule has 0 saturated carbocycles. The predicted molar refractivity (Wildman–Crippen MR) is 113 cm³/mol. The maximum Gasteiger partial charge on any atom is 0.339 e. The van der Waals surface area contributed by atoms with Crippen molar-refractivity contribution < 1.29 is 15.0 Å². The van der Waals surface area contributed by atoms with Gasteiger partial charge in [0.2, 0.25) is 0 Å². The second-order valence-corrected chi connectivity index (χ2v) is 7.35. The highest BCUT2D eigenvalue weighted by molar-refractivity contribution is 5.91. The van der Waals surface area contributed by atoms with E-state index in [1.165, 1.54) is 12.1 Å². The third-order valence-electron chi connectivity index (χ3n) is 5.54. The van der Waals surface area contributed by atoms with E-state index in [0.29, 0.717) is 5.69 Å². The van der Waals surface area contributed by atoms with Gasteiger partial charge in [0.1, 0.15) is 17.6 Å². The molecule has 2 aromatic carbocycles. The number of hydrogen-bond acceptors (Lipinski definition) is 4. The maximum atomic E-state index is 11.6. The number of aromatic carboxylic acids is 1. The Labute approximate surface area is 173 Å². The lowest BCUT2D eigenvalue weighted by molar-refractivity contribution is 0.0693. The molecule has 6 nitrogen and oxygen atoms in total. The normalized spacial score (nSPS) is 12.7. The first-order chi connectivity index (χ1) is 14.6. The van der Waals surface area contributed by atoms with Crippen LogP contribution in [0.4, 0.5) is 0 Å². The van der Waals surface area contributed by atoms with Crippen molar-refractivity contribution >= 4 is 5.97 Å². The van der Waals surface area contributed by atoms with E-state index in [4.69, 9.17) is 0 Å². The minimum atomic E-state index is -1.16. The van der Waals surface area contributed by atoms with Crippen molar-refractivity contribution in [3.63, 3.8) is 0 Å². The molecule has 0 spiro atoms. The van der Waals surface area contributed by atoms with Crippen LogP contribution in [-0.2, 0) is 12.8 Å². The zero-order chi connectivity index (χ0) is 20.7. The average molecular weight is 397 g/mol. The number of fused-ring (bicyclic) bond motifs is 3. The number of hydrogen-bond donors (Lipinski definition) is 2. The van der Waals surface area contributed by atoms with Crippen LogP contribution in [0.1, 0.15) is 28.0 Å². The Balaban J connectivity index is 1.82. The molecule has 0 aliphatic heterocycles. The third-order valence-corrected chi connectivity index (χ3v) is 5.54. The highest BCUT2D eigenvalue weighted by atomic mass is 16.4. The van der Waals surface area contributed by atoms with Gasteiger partial charge in [0, 0.05) is 23.1 Å². The highest BCUT2D eigenvalue weighted by Crippen LogP contribution is 2.39. The van der Waals surface area contributed by atoms with Gasteiger partial charge in [-0.05, 0) is 54.7 Å². The quantitative estimate of drug-likeness (QED) is 0.532. The van der Waals surface area contributed by atoms with Crippen molar-refractivity contribution in [3.8, 4) is 34.0 Å². The topological polar surface area (TPSA) is 88.2 Å². The zero-order valence-corrected chi connectivity index (χ0v) is 16.1. The van der Waals surface area contributed by atoms with Crippen molar-refractivity contribution in [2.45, 2.75) is 19.3 Å². The van der Waals surface area contributed by atoms with E-state index in [1.54, 1.807) is 12.4 Å². The number of benzene rings is 2. The van der Waals surface area contributed by atoms with Gasteiger partial charge in [0.25, 0.3) is 0 Å². The van der Waals surface area contributed by atoms with Crippen LogP contribution in [0, 0.1) is 0 Å². The Morgan fingerprint density at radius 3 is 2.67 bits per heavy atom. The number of carboxylic acids is 1. The van der Waals surface area contributed by atoms with E-state index in [1.807, 2.05) is 36.5 Å². The largest absolute Gasteiger partial charge is 0.507 e. The number of nitrogens with zero attached hydrogens (tertiary/aromatic N) is 3. The van der Waals surface area contributed by atoms with Gasteiger partial charge in [-0.2, -0.15) is 0 Å². The Morgan fingerprint density at radius 1 is 1.03 bits per heavy atom. The molecule has 4 aromatic rings. The summed E-state index contributed by atoms with van der Waals surface area (Å²) in [7, 11) is 0. The Kier molecular flexibility index (Phi) is 4.32. The van der Waals surface area contributed by atoms with Gasteiger partial charge < -0.3 is 14.8 Å². The molecule has 0 amide bonds. The van der Waals surface area contributed by atoms with Gasteiger partial charge in [-0.3, -0.25) is 0 Å². The molecule has 1 aliphatic carbocycles. The van der Waals surface area contributed by atoms with E-state index in [-0.39, 0.29) is 11.3 Å². The van der Waals surface area contributed by atoms with Crippen LogP contribution in [0.2, 0.25) is 0 Å². The fourth-order valence-corrected chi connectivity index (χ4v) is 4.18. The molecule has 0 unspecified atom stereocenters. The first-order valence-electron chi connectivity index (χ1n) is 9.79. The Morgan fingerprint density at radius 2 is 1.87 bits per heavy atom. The highest BCUT2D eigenvalue weighted by Gasteiger charge is 2.24. The van der Waals surface area contributed by atoms with Gasteiger partial charge in [-0.25, -0.2) is 14.8 Å². The number of rotatable bonds is 3. The second kappa shape index (κ2) is 7.15. The van der Waals surface area contributed by atoms with Gasteiger partial charge >= 0.3 is 5.97 Å². The van der Waals surface area contributed by atoms with Gasteiger partial charge in [-0.15, -0.1) is 0 Å². The minimum Gasteiger partial charge on any atom is -0.507 e. The molecule has 6 heteroatoms. The zero-order valence-electron chi connectivity index (χ0n) is 16.1. The molecule has 5 rings (SSSR count). The Bertz CT molecular complexity index is 1260. The molecular formula is C24H19N3O3. The lowest BCUT2D eigenvalue weighted by Crippen LogP contribution is -2.05. The monoisotopic (exact) mass is 397 g/mol. The second-order valence-electron chi connectivity index (χ2n) is 7.35. The summed E-state index contributed by atoms with van der Waals surface area (Å²) in [6, 6.07) is 16.8. The summed E-state index contributed by atoms with van der Waals surface area (Å²) in [6.07, 6.45) is 6.09. The number of aromatic hydroxyl groups is 1. The van der Waals surface area contributed by atoms with Crippen LogP contribution in [-0.4, -0.2) is 30.7 Å². The number of aromatic nitrogens is 3. The number of aryl methyl sites for hydroxylation is 1. The Hall–Kier alpha value is -3.93. The van der Waals surface area contributed by atoms with Crippen LogP contribution >= 0.6 is 0 Å². The SMILES string of the molecule is O=C(O)c1cc(-n2c(-c3ccccc3)cc3c2CCCc2cncnc2-3)ccc1O. The van der Waals surface area contributed by atoms with Crippen LogP contribution in [0.3, 0.4) is 0 Å². The molecule has 148 valence electrons. The van der Waals surface area contributed by atoms with Crippen molar-refractivity contribution in [3.05, 3.63) is 83.9 Å². The summed E-state index contributed by atoms with van der Waals surface area (Å²) < 4.78 is 2.09. The van der Waals surface area contributed by atoms with E-state index >= 15 is 0 Å².